The molecule has 0 atom stereocenters. The van der Waals surface area contributed by atoms with E-state index in [9.17, 15) is 18.0 Å². The van der Waals surface area contributed by atoms with Gasteiger partial charge in [-0.2, -0.15) is 13.2 Å². The molecule has 1 aromatic heterocycles. The normalized spacial score (nSPS) is 15.5. The number of aromatic carboxylic acids is 1. The third-order valence-electron chi connectivity index (χ3n) is 2.56. The van der Waals surface area contributed by atoms with E-state index in [4.69, 9.17) is 5.11 Å². The highest BCUT2D eigenvalue weighted by atomic mass is 19.4. The first-order valence-corrected chi connectivity index (χ1v) is 5.60. The van der Waals surface area contributed by atoms with Gasteiger partial charge in [0.2, 0.25) is 0 Å². The second-order valence-electron chi connectivity index (χ2n) is 4.27. The number of ether oxygens (including phenoxy) is 1. The van der Waals surface area contributed by atoms with E-state index < -0.39 is 18.8 Å². The van der Waals surface area contributed by atoms with Crippen molar-refractivity contribution < 1.29 is 27.8 Å². The van der Waals surface area contributed by atoms with Gasteiger partial charge in [0.15, 0.2) is 5.82 Å². The predicted octanol–water partition coefficient (Wildman–Crippen LogP) is 2.13. The largest absolute Gasteiger partial charge is 0.478 e. The molecule has 2 rings (SSSR count). The van der Waals surface area contributed by atoms with Crippen molar-refractivity contribution >= 4 is 5.97 Å². The number of carboxylic acids is 1. The maximum Gasteiger partial charge on any atom is 0.411 e. The molecule has 104 valence electrons. The Morgan fingerprint density at radius 3 is 2.68 bits per heavy atom. The van der Waals surface area contributed by atoms with Crippen molar-refractivity contribution in [3.8, 4) is 0 Å². The summed E-state index contributed by atoms with van der Waals surface area (Å²) in [4.78, 5) is 18.6. The lowest BCUT2D eigenvalue weighted by atomic mass is 10.1. The lowest BCUT2D eigenvalue weighted by Gasteiger charge is -2.08. The fraction of sp³-hybridized carbons (Fsp3) is 0.545. The molecule has 1 heterocycles. The molecule has 1 aliphatic rings. The highest BCUT2D eigenvalue weighted by Crippen LogP contribution is 2.40. The molecule has 0 unspecified atom stereocenters. The van der Waals surface area contributed by atoms with Crippen molar-refractivity contribution in [1.29, 1.82) is 0 Å². The van der Waals surface area contributed by atoms with Gasteiger partial charge in [0.05, 0.1) is 11.3 Å². The first kappa shape index (κ1) is 13.7. The number of rotatable bonds is 5. The zero-order chi connectivity index (χ0) is 14.0. The Balaban J connectivity index is 2.06. The van der Waals surface area contributed by atoms with Crippen molar-refractivity contribution in [3.05, 3.63) is 23.3 Å². The zero-order valence-electron chi connectivity index (χ0n) is 9.78. The lowest BCUT2D eigenvalue weighted by molar-refractivity contribution is -0.177. The molecule has 0 aliphatic heterocycles. The summed E-state index contributed by atoms with van der Waals surface area (Å²) in [6, 6.07) is 0. The summed E-state index contributed by atoms with van der Waals surface area (Å²) < 4.78 is 40.1. The summed E-state index contributed by atoms with van der Waals surface area (Å²) in [5.74, 6) is -1.00. The molecule has 8 heteroatoms. The standard InChI is InChI=1S/C11H11F3N2O3/c12-11(13,14)5-19-4-8-15-3-7(10(17)18)9(16-8)6-1-2-6/h3,6H,1-2,4-5H2,(H,17,18). The molecule has 1 saturated carbocycles. The maximum atomic E-state index is 11.9. The summed E-state index contributed by atoms with van der Waals surface area (Å²) in [5, 5.41) is 8.96. The summed E-state index contributed by atoms with van der Waals surface area (Å²) in [6.45, 7) is -1.77. The molecular weight excluding hydrogens is 265 g/mol. The van der Waals surface area contributed by atoms with Gasteiger partial charge in [-0.15, -0.1) is 0 Å². The smallest absolute Gasteiger partial charge is 0.411 e. The zero-order valence-corrected chi connectivity index (χ0v) is 9.78. The summed E-state index contributed by atoms with van der Waals surface area (Å²) in [5.41, 5.74) is 0.384. The van der Waals surface area contributed by atoms with Crippen LogP contribution >= 0.6 is 0 Å². The minimum Gasteiger partial charge on any atom is -0.478 e. The van der Waals surface area contributed by atoms with E-state index >= 15 is 0 Å². The number of aromatic nitrogens is 2. The molecule has 1 fully saturated rings. The maximum absolute atomic E-state index is 11.9. The third kappa shape index (κ3) is 3.88. The highest BCUT2D eigenvalue weighted by molar-refractivity contribution is 5.88. The molecule has 1 aromatic rings. The van der Waals surface area contributed by atoms with E-state index in [1.807, 2.05) is 0 Å². The number of hydrogen-bond donors (Lipinski definition) is 1. The van der Waals surface area contributed by atoms with Crippen LogP contribution in [0, 0.1) is 0 Å². The van der Waals surface area contributed by atoms with Gasteiger partial charge in [0.25, 0.3) is 0 Å². The first-order valence-electron chi connectivity index (χ1n) is 5.60. The highest BCUT2D eigenvalue weighted by Gasteiger charge is 2.31. The van der Waals surface area contributed by atoms with Crippen LogP contribution in [0.1, 0.15) is 40.6 Å². The molecule has 0 amide bonds. The van der Waals surface area contributed by atoms with Crippen LogP contribution in [0.2, 0.25) is 0 Å². The van der Waals surface area contributed by atoms with Gasteiger partial charge >= 0.3 is 12.1 Å². The van der Waals surface area contributed by atoms with Gasteiger partial charge in [-0.25, -0.2) is 14.8 Å². The van der Waals surface area contributed by atoms with Gasteiger partial charge in [-0.1, -0.05) is 0 Å². The molecule has 19 heavy (non-hydrogen) atoms. The van der Waals surface area contributed by atoms with Crippen LogP contribution in [0.15, 0.2) is 6.20 Å². The van der Waals surface area contributed by atoms with E-state index in [0.29, 0.717) is 5.69 Å². The molecule has 5 nitrogen and oxygen atoms in total. The van der Waals surface area contributed by atoms with Crippen molar-refractivity contribution in [2.24, 2.45) is 0 Å². The molecule has 0 saturated heterocycles. The summed E-state index contributed by atoms with van der Waals surface area (Å²) >= 11 is 0. The third-order valence-corrected chi connectivity index (χ3v) is 2.56. The molecule has 0 aromatic carbocycles. The fourth-order valence-electron chi connectivity index (χ4n) is 1.59. The number of carbonyl (C=O) groups is 1. The van der Waals surface area contributed by atoms with Crippen molar-refractivity contribution in [2.45, 2.75) is 31.5 Å². The first-order chi connectivity index (χ1) is 8.87. The number of halogens is 3. The van der Waals surface area contributed by atoms with Gasteiger partial charge in [-0.05, 0) is 12.8 Å². The van der Waals surface area contributed by atoms with Crippen LogP contribution in [-0.4, -0.2) is 33.8 Å². The quantitative estimate of drug-likeness (QED) is 0.891. The lowest BCUT2D eigenvalue weighted by Crippen LogP contribution is -2.17. The Kier molecular flexibility index (Phi) is 3.70. The molecule has 1 aliphatic carbocycles. The molecule has 0 radical (unpaired) electrons. The minimum atomic E-state index is -4.40. The van der Waals surface area contributed by atoms with Gasteiger partial charge in [0, 0.05) is 12.1 Å². The SMILES string of the molecule is O=C(O)c1cnc(COCC(F)(F)F)nc1C1CC1. The predicted molar refractivity (Wildman–Crippen MR) is 56.7 cm³/mol. The summed E-state index contributed by atoms with van der Waals surface area (Å²) in [6.07, 6.45) is -1.62. The average molecular weight is 276 g/mol. The molecule has 1 N–H and O–H groups in total. The fourth-order valence-corrected chi connectivity index (χ4v) is 1.59. The average Bonchev–Trinajstić information content (AvgIpc) is 3.10. The van der Waals surface area contributed by atoms with Gasteiger partial charge < -0.3 is 9.84 Å². The monoisotopic (exact) mass is 276 g/mol. The van der Waals surface area contributed by atoms with E-state index in [2.05, 4.69) is 14.7 Å². The number of alkyl halides is 3. The Morgan fingerprint density at radius 2 is 2.16 bits per heavy atom. The molecule has 0 bridgehead atoms. The van der Waals surface area contributed by atoms with E-state index in [0.717, 1.165) is 19.0 Å². The Bertz CT molecular complexity index is 487. The van der Waals surface area contributed by atoms with Crippen LogP contribution in [0.4, 0.5) is 13.2 Å². The van der Waals surface area contributed by atoms with Crippen LogP contribution < -0.4 is 0 Å². The molecular formula is C11H11F3N2O3. The van der Waals surface area contributed by atoms with Crippen molar-refractivity contribution in [3.63, 3.8) is 0 Å². The second-order valence-corrected chi connectivity index (χ2v) is 4.27. The second kappa shape index (κ2) is 5.12. The van der Waals surface area contributed by atoms with Crippen LogP contribution in [0.3, 0.4) is 0 Å². The van der Waals surface area contributed by atoms with Crippen LogP contribution in [0.25, 0.3) is 0 Å². The number of carboxylic acid groups (broad SMARTS) is 1. The number of hydrogen-bond acceptors (Lipinski definition) is 4. The van der Waals surface area contributed by atoms with Crippen LogP contribution in [0.5, 0.6) is 0 Å². The van der Waals surface area contributed by atoms with Gasteiger partial charge in [-0.3, -0.25) is 0 Å². The molecule has 0 spiro atoms. The van der Waals surface area contributed by atoms with E-state index in [1.54, 1.807) is 0 Å². The Hall–Kier alpha value is -1.70. The van der Waals surface area contributed by atoms with E-state index in [1.165, 1.54) is 0 Å². The Morgan fingerprint density at radius 1 is 1.47 bits per heavy atom. The minimum absolute atomic E-state index is 0.00192. The van der Waals surface area contributed by atoms with Gasteiger partial charge in [0.1, 0.15) is 13.2 Å². The van der Waals surface area contributed by atoms with Crippen molar-refractivity contribution in [1.82, 2.24) is 9.97 Å². The van der Waals surface area contributed by atoms with E-state index in [-0.39, 0.29) is 23.9 Å². The van der Waals surface area contributed by atoms with Crippen molar-refractivity contribution in [2.75, 3.05) is 6.61 Å². The summed E-state index contributed by atoms with van der Waals surface area (Å²) in [7, 11) is 0. The Labute approximate surface area is 106 Å². The topological polar surface area (TPSA) is 72.3 Å². The van der Waals surface area contributed by atoms with Crippen LogP contribution in [-0.2, 0) is 11.3 Å². The number of nitrogens with zero attached hydrogens (tertiary/aromatic N) is 2.